The van der Waals surface area contributed by atoms with Crippen LogP contribution in [0.25, 0.3) is 0 Å². The number of nitrogens with zero attached hydrogens (tertiary/aromatic N) is 5. The van der Waals surface area contributed by atoms with Gasteiger partial charge in [0.05, 0.1) is 25.4 Å². The number of aromatic nitrogens is 2. The topological polar surface area (TPSA) is 105 Å². The molecule has 3 amide bonds. The Hall–Kier alpha value is -2.95. The van der Waals surface area contributed by atoms with Crippen molar-refractivity contribution in [3.8, 4) is 0 Å². The first-order valence-corrected chi connectivity index (χ1v) is 13.8. The van der Waals surface area contributed by atoms with Crippen LogP contribution in [0.15, 0.2) is 43.0 Å². The zero-order valence-electron chi connectivity index (χ0n) is 22.2. The van der Waals surface area contributed by atoms with Gasteiger partial charge in [-0.3, -0.25) is 14.4 Å². The maximum Gasteiger partial charge on any atom is 0.247 e. The van der Waals surface area contributed by atoms with Crippen LogP contribution in [0.1, 0.15) is 31.7 Å². The number of imidazole rings is 1. The van der Waals surface area contributed by atoms with E-state index in [1.807, 2.05) is 29.8 Å². The molecule has 1 aliphatic heterocycles. The molecule has 3 rings (SSSR count). The molecule has 0 radical (unpaired) electrons. The van der Waals surface area contributed by atoms with Gasteiger partial charge in [-0.05, 0) is 30.5 Å². The van der Waals surface area contributed by atoms with Crippen LogP contribution in [-0.4, -0.2) is 99.2 Å². The van der Waals surface area contributed by atoms with Crippen molar-refractivity contribution in [2.45, 2.75) is 56.7 Å². The quantitative estimate of drug-likeness (QED) is 0.182. The zero-order chi connectivity index (χ0) is 28.4. The Kier molecular flexibility index (Phi) is 11.8. The molecule has 3 atom stereocenters. The van der Waals surface area contributed by atoms with Crippen LogP contribution < -0.4 is 0 Å². The van der Waals surface area contributed by atoms with Crippen molar-refractivity contribution in [2.75, 3.05) is 33.4 Å². The maximum absolute atomic E-state index is 13.7. The smallest absolute Gasteiger partial charge is 0.247 e. The van der Waals surface area contributed by atoms with Crippen LogP contribution in [0, 0.1) is 0 Å². The van der Waals surface area contributed by atoms with Gasteiger partial charge in [0.2, 0.25) is 17.7 Å². The van der Waals surface area contributed by atoms with Gasteiger partial charge >= 0.3 is 0 Å². The number of rotatable bonds is 15. The zero-order valence-corrected chi connectivity index (χ0v) is 23.8. The van der Waals surface area contributed by atoms with Crippen molar-refractivity contribution in [3.63, 3.8) is 0 Å². The normalized spacial score (nSPS) is 17.3. The average molecular weight is 581 g/mol. The number of alkyl halides is 1. The van der Waals surface area contributed by atoms with Crippen molar-refractivity contribution >= 4 is 47.2 Å². The van der Waals surface area contributed by atoms with E-state index in [1.54, 1.807) is 24.7 Å². The van der Waals surface area contributed by atoms with Crippen LogP contribution in [0.2, 0.25) is 5.02 Å². The number of hydrogen-bond acceptors (Lipinski definition) is 6. The molecule has 2 heterocycles. The lowest BCUT2D eigenvalue weighted by atomic mass is 10.0. The number of carbonyl (C=O) groups is 4. The third-order valence-corrected chi connectivity index (χ3v) is 7.44. The molecule has 0 N–H and O–H groups in total. The molecule has 10 nitrogen and oxygen atoms in total. The number of piperazine rings is 1. The van der Waals surface area contributed by atoms with E-state index in [-0.39, 0.29) is 37.9 Å². The molecule has 12 heteroatoms. The Morgan fingerprint density at radius 1 is 1.26 bits per heavy atom. The summed E-state index contributed by atoms with van der Waals surface area (Å²) in [6, 6.07) is 5.40. The molecule has 2 aromatic rings. The molecule has 0 spiro atoms. The number of amides is 3. The van der Waals surface area contributed by atoms with Gasteiger partial charge in [-0.2, -0.15) is 0 Å². The molecule has 1 aromatic heterocycles. The van der Waals surface area contributed by atoms with Crippen LogP contribution in [0.5, 0.6) is 0 Å². The monoisotopic (exact) mass is 579 g/mol. The molecule has 39 heavy (non-hydrogen) atoms. The molecular formula is C27H35Cl2N5O5. The van der Waals surface area contributed by atoms with Crippen LogP contribution in [-0.2, 0) is 36.9 Å². The lowest BCUT2D eigenvalue weighted by Gasteiger charge is -2.42. The number of aldehydes is 1. The fourth-order valence-electron chi connectivity index (χ4n) is 4.63. The minimum Gasteiger partial charge on any atom is -0.383 e. The molecule has 0 bridgehead atoms. The van der Waals surface area contributed by atoms with Crippen molar-refractivity contribution < 1.29 is 23.9 Å². The van der Waals surface area contributed by atoms with E-state index >= 15 is 0 Å². The van der Waals surface area contributed by atoms with Gasteiger partial charge in [-0.25, -0.2) is 4.98 Å². The van der Waals surface area contributed by atoms with E-state index in [4.69, 9.17) is 27.9 Å². The fraction of sp³-hybridized carbons (Fsp3) is 0.519. The highest BCUT2D eigenvalue weighted by Gasteiger charge is 2.43. The lowest BCUT2D eigenvalue weighted by molar-refractivity contribution is -0.159. The van der Waals surface area contributed by atoms with Crippen LogP contribution in [0.4, 0.5) is 0 Å². The van der Waals surface area contributed by atoms with Crippen molar-refractivity contribution in [1.82, 2.24) is 24.3 Å². The maximum atomic E-state index is 13.7. The summed E-state index contributed by atoms with van der Waals surface area (Å²) in [6.07, 6.45) is 7.00. The van der Waals surface area contributed by atoms with E-state index < -0.39 is 23.5 Å². The summed E-state index contributed by atoms with van der Waals surface area (Å²) in [5, 5.41) is 0.580. The van der Waals surface area contributed by atoms with Crippen molar-refractivity contribution in [3.05, 3.63) is 53.6 Å². The van der Waals surface area contributed by atoms with E-state index in [2.05, 4.69) is 4.98 Å². The number of hydrogen-bond donors (Lipinski definition) is 0. The molecule has 1 aromatic carbocycles. The number of ether oxygens (including phenoxy) is 1. The Morgan fingerprint density at radius 3 is 2.62 bits per heavy atom. The molecular weight excluding hydrogens is 545 g/mol. The van der Waals surface area contributed by atoms with Gasteiger partial charge in [0.15, 0.2) is 0 Å². The van der Waals surface area contributed by atoms with E-state index in [1.165, 1.54) is 21.8 Å². The second kappa shape index (κ2) is 15.0. The number of halogens is 2. The van der Waals surface area contributed by atoms with Gasteiger partial charge in [0.25, 0.3) is 0 Å². The second-order valence-electron chi connectivity index (χ2n) is 9.38. The Labute approximate surface area is 238 Å². The van der Waals surface area contributed by atoms with Gasteiger partial charge < -0.3 is 28.8 Å². The number of aryl methyl sites for hydroxylation is 1. The van der Waals surface area contributed by atoms with E-state index in [0.29, 0.717) is 37.4 Å². The highest BCUT2D eigenvalue weighted by Crippen LogP contribution is 2.24. The number of benzene rings is 1. The summed E-state index contributed by atoms with van der Waals surface area (Å²) in [7, 11) is 1.50. The molecule has 0 saturated carbocycles. The first kappa shape index (κ1) is 30.6. The number of methoxy groups -OCH3 is 1. The molecule has 0 aliphatic carbocycles. The standard InChI is InChI=1S/C27H35Cl2N5O5/c1-3-22(18-35)32(11-4-10-31-12-9-30-19-31)25(36)16-23-27(38)34(17-26(37)33(23)13-14-39-2)24(29)15-20-5-7-21(28)8-6-20/h5-9,12,18-19,22-24H,3-4,10-11,13-17H2,1-2H3. The third kappa shape index (κ3) is 8.27. The molecule has 1 saturated heterocycles. The van der Waals surface area contributed by atoms with Crippen LogP contribution >= 0.6 is 23.2 Å². The Morgan fingerprint density at radius 2 is 2.00 bits per heavy atom. The summed E-state index contributed by atoms with van der Waals surface area (Å²) in [6.45, 7) is 2.93. The molecule has 1 fully saturated rings. The van der Waals surface area contributed by atoms with E-state index in [0.717, 1.165) is 11.8 Å². The third-order valence-electron chi connectivity index (χ3n) is 6.80. The summed E-state index contributed by atoms with van der Waals surface area (Å²) in [5.74, 6) is -1.11. The predicted octanol–water partition coefficient (Wildman–Crippen LogP) is 2.62. The highest BCUT2D eigenvalue weighted by atomic mass is 35.5. The van der Waals surface area contributed by atoms with Crippen molar-refractivity contribution in [1.29, 1.82) is 0 Å². The fourth-order valence-corrected chi connectivity index (χ4v) is 5.10. The van der Waals surface area contributed by atoms with Crippen molar-refractivity contribution in [2.24, 2.45) is 0 Å². The Bertz CT molecular complexity index is 1100. The summed E-state index contributed by atoms with van der Waals surface area (Å²) < 4.78 is 7.04. The minimum absolute atomic E-state index is 0.155. The first-order valence-electron chi connectivity index (χ1n) is 13.0. The summed E-state index contributed by atoms with van der Waals surface area (Å²) >= 11 is 12.6. The largest absolute Gasteiger partial charge is 0.383 e. The summed E-state index contributed by atoms with van der Waals surface area (Å²) in [5.41, 5.74) is 0.0596. The SMILES string of the molecule is CCC(C=O)N(CCCn1ccnc1)C(=O)CC1C(=O)N(C(Cl)Cc2ccc(Cl)cc2)CC(=O)N1CCOC. The van der Waals surface area contributed by atoms with E-state index in [9.17, 15) is 19.2 Å². The molecule has 1 aliphatic rings. The highest BCUT2D eigenvalue weighted by molar-refractivity contribution is 6.30. The van der Waals surface area contributed by atoms with Gasteiger partial charge in [0.1, 0.15) is 24.4 Å². The van der Waals surface area contributed by atoms with Gasteiger partial charge in [-0.1, -0.05) is 42.3 Å². The number of carbonyl (C=O) groups excluding carboxylic acids is 4. The second-order valence-corrected chi connectivity index (χ2v) is 10.3. The molecule has 212 valence electrons. The predicted molar refractivity (Wildman–Crippen MR) is 147 cm³/mol. The van der Waals surface area contributed by atoms with Crippen LogP contribution in [0.3, 0.4) is 0 Å². The molecule has 3 unspecified atom stereocenters. The first-order chi connectivity index (χ1) is 18.8. The van der Waals surface area contributed by atoms with Gasteiger partial charge in [-0.15, -0.1) is 0 Å². The lowest BCUT2D eigenvalue weighted by Crippen LogP contribution is -2.63. The summed E-state index contributed by atoms with van der Waals surface area (Å²) in [4.78, 5) is 60.5. The minimum atomic E-state index is -1.05. The van der Waals surface area contributed by atoms with Gasteiger partial charge in [0, 0.05) is 50.6 Å². The average Bonchev–Trinajstić information content (AvgIpc) is 3.44. The Balaban J connectivity index is 1.78.